The quantitative estimate of drug-likeness (QED) is 0.524. The van der Waals surface area contributed by atoms with Gasteiger partial charge < -0.3 is 19.3 Å². The summed E-state index contributed by atoms with van der Waals surface area (Å²) in [6.07, 6.45) is 1.17. The Kier molecular flexibility index (Phi) is 6.50. The first kappa shape index (κ1) is 19.1. The van der Waals surface area contributed by atoms with Crippen LogP contribution >= 0.6 is 22.9 Å². The van der Waals surface area contributed by atoms with Crippen molar-refractivity contribution in [1.29, 1.82) is 0 Å². The lowest BCUT2D eigenvalue weighted by Gasteiger charge is -2.28. The van der Waals surface area contributed by atoms with E-state index < -0.39 is 0 Å². The van der Waals surface area contributed by atoms with Gasteiger partial charge in [-0.05, 0) is 31.0 Å². The first-order chi connectivity index (χ1) is 12.6. The molecule has 2 aromatic rings. The maximum Gasteiger partial charge on any atom is 0.305 e. The van der Waals surface area contributed by atoms with Gasteiger partial charge in [-0.25, -0.2) is 4.98 Å². The summed E-state index contributed by atoms with van der Waals surface area (Å²) in [6, 6.07) is 2.03. The number of anilines is 2. The van der Waals surface area contributed by atoms with E-state index in [0.717, 1.165) is 47.1 Å². The molecule has 1 aliphatic rings. The molecule has 3 heterocycles. The predicted molar refractivity (Wildman–Crippen MR) is 105 cm³/mol. The first-order valence-corrected chi connectivity index (χ1v) is 9.94. The van der Waals surface area contributed by atoms with Crippen molar-refractivity contribution in [1.82, 2.24) is 9.97 Å². The molecule has 1 aliphatic heterocycles. The number of morpholine rings is 1. The molecule has 0 radical (unpaired) electrons. The van der Waals surface area contributed by atoms with E-state index in [0.29, 0.717) is 26.2 Å². The Labute approximate surface area is 161 Å². The van der Waals surface area contributed by atoms with Gasteiger partial charge in [0.2, 0.25) is 5.28 Å². The van der Waals surface area contributed by atoms with Crippen molar-refractivity contribution in [2.45, 2.75) is 19.8 Å². The molecule has 1 fully saturated rings. The monoisotopic (exact) mass is 398 g/mol. The van der Waals surface area contributed by atoms with Gasteiger partial charge in [-0.15, -0.1) is 11.3 Å². The highest BCUT2D eigenvalue weighted by Crippen LogP contribution is 2.37. The van der Waals surface area contributed by atoms with Crippen molar-refractivity contribution in [3.8, 4) is 0 Å². The largest absolute Gasteiger partial charge is 0.466 e. The van der Waals surface area contributed by atoms with Gasteiger partial charge in [0, 0.05) is 33.1 Å². The predicted octanol–water partition coefficient (Wildman–Crippen LogP) is 2.96. The van der Waals surface area contributed by atoms with Crippen LogP contribution in [-0.4, -0.2) is 62.4 Å². The van der Waals surface area contributed by atoms with Crippen LogP contribution in [0.2, 0.25) is 5.28 Å². The van der Waals surface area contributed by atoms with Crippen LogP contribution in [0, 0.1) is 0 Å². The summed E-state index contributed by atoms with van der Waals surface area (Å²) in [5.41, 5.74) is 0.851. The molecule has 0 aromatic carbocycles. The second-order valence-corrected chi connectivity index (χ2v) is 7.41. The van der Waals surface area contributed by atoms with E-state index in [-0.39, 0.29) is 11.3 Å². The highest BCUT2D eigenvalue weighted by atomic mass is 35.5. The average Bonchev–Trinajstić information content (AvgIpc) is 3.06. The van der Waals surface area contributed by atoms with E-state index >= 15 is 0 Å². The molecular weight excluding hydrogens is 376 g/mol. The number of nitrogens with zero attached hydrogens (tertiary/aromatic N) is 4. The molecule has 2 aromatic heterocycles. The lowest BCUT2D eigenvalue weighted by Crippen LogP contribution is -2.36. The fourth-order valence-corrected chi connectivity index (χ4v) is 4.13. The van der Waals surface area contributed by atoms with Gasteiger partial charge in [-0.2, -0.15) is 4.98 Å². The lowest BCUT2D eigenvalue weighted by molar-refractivity contribution is -0.143. The maximum absolute atomic E-state index is 11.5. The number of aromatic nitrogens is 2. The van der Waals surface area contributed by atoms with Crippen LogP contribution in [-0.2, 0) is 14.3 Å². The van der Waals surface area contributed by atoms with E-state index in [4.69, 9.17) is 21.1 Å². The fourth-order valence-electron chi connectivity index (χ4n) is 2.86. The van der Waals surface area contributed by atoms with Gasteiger partial charge in [-0.1, -0.05) is 0 Å². The number of thiophene rings is 1. The van der Waals surface area contributed by atoms with Crippen molar-refractivity contribution < 1.29 is 14.3 Å². The Hall–Kier alpha value is -1.64. The van der Waals surface area contributed by atoms with Crippen LogP contribution in [0.25, 0.3) is 10.2 Å². The zero-order valence-corrected chi connectivity index (χ0v) is 16.6. The summed E-state index contributed by atoms with van der Waals surface area (Å²) in [7, 11) is 2.01. The number of rotatable bonds is 7. The fraction of sp³-hybridized carbons (Fsp3) is 0.588. The molecule has 0 aliphatic carbocycles. The summed E-state index contributed by atoms with van der Waals surface area (Å²) in [6.45, 7) is 5.98. The van der Waals surface area contributed by atoms with E-state index in [2.05, 4.69) is 19.8 Å². The molecule has 3 rings (SSSR count). The van der Waals surface area contributed by atoms with Crippen molar-refractivity contribution in [2.24, 2.45) is 0 Å². The number of hydrogen-bond donors (Lipinski definition) is 0. The zero-order chi connectivity index (χ0) is 18.5. The Balaban J connectivity index is 1.74. The summed E-state index contributed by atoms with van der Waals surface area (Å²) in [4.78, 5) is 24.6. The van der Waals surface area contributed by atoms with Crippen LogP contribution in [0.15, 0.2) is 6.07 Å². The maximum atomic E-state index is 11.5. The molecule has 0 atom stereocenters. The standard InChI is InChI=1S/C17H23ClN4O3S/c1-3-25-14(23)5-4-6-21(2)13-11-12-15(26-13)16(20-17(18)19-12)22-7-9-24-10-8-22/h11H,3-10H2,1-2H3. The van der Waals surface area contributed by atoms with Gasteiger partial charge >= 0.3 is 5.97 Å². The summed E-state index contributed by atoms with van der Waals surface area (Å²) in [5, 5.41) is 1.34. The van der Waals surface area contributed by atoms with Gasteiger partial charge in [0.05, 0.1) is 35.0 Å². The number of fused-ring (bicyclic) bond motifs is 1. The minimum absolute atomic E-state index is 0.149. The number of carbonyl (C=O) groups is 1. The number of hydrogen-bond acceptors (Lipinski definition) is 8. The SMILES string of the molecule is CCOC(=O)CCCN(C)c1cc2nc(Cl)nc(N3CCOCC3)c2s1. The number of esters is 1. The first-order valence-electron chi connectivity index (χ1n) is 8.75. The normalized spacial score (nSPS) is 14.7. The third kappa shape index (κ3) is 4.55. The minimum Gasteiger partial charge on any atom is -0.466 e. The second kappa shape index (κ2) is 8.83. The topological polar surface area (TPSA) is 67.8 Å². The molecule has 0 bridgehead atoms. The van der Waals surface area contributed by atoms with Crippen molar-refractivity contribution in [3.05, 3.63) is 11.3 Å². The molecular formula is C17H23ClN4O3S. The van der Waals surface area contributed by atoms with E-state index in [1.54, 1.807) is 11.3 Å². The van der Waals surface area contributed by atoms with Crippen LogP contribution < -0.4 is 9.80 Å². The zero-order valence-electron chi connectivity index (χ0n) is 15.0. The number of halogens is 1. The molecule has 0 N–H and O–H groups in total. The number of carbonyl (C=O) groups excluding carboxylic acids is 1. The highest BCUT2D eigenvalue weighted by molar-refractivity contribution is 7.23. The smallest absolute Gasteiger partial charge is 0.305 e. The molecule has 0 unspecified atom stereocenters. The van der Waals surface area contributed by atoms with Gasteiger partial charge in [0.25, 0.3) is 0 Å². The van der Waals surface area contributed by atoms with Crippen LogP contribution in [0.4, 0.5) is 10.8 Å². The molecule has 26 heavy (non-hydrogen) atoms. The van der Waals surface area contributed by atoms with Crippen molar-refractivity contribution in [3.63, 3.8) is 0 Å². The number of ether oxygens (including phenoxy) is 2. The molecule has 1 saturated heterocycles. The third-order valence-corrected chi connectivity index (χ3v) is 5.58. The summed E-state index contributed by atoms with van der Waals surface area (Å²) in [5.74, 6) is 0.726. The summed E-state index contributed by atoms with van der Waals surface area (Å²) < 4.78 is 11.4. The van der Waals surface area contributed by atoms with Gasteiger partial charge in [0.1, 0.15) is 0 Å². The Morgan fingerprint density at radius 2 is 2.19 bits per heavy atom. The van der Waals surface area contributed by atoms with Gasteiger partial charge in [0.15, 0.2) is 5.82 Å². The summed E-state index contributed by atoms with van der Waals surface area (Å²) >= 11 is 7.79. The van der Waals surface area contributed by atoms with E-state index in [9.17, 15) is 4.79 Å². The van der Waals surface area contributed by atoms with Gasteiger partial charge in [-0.3, -0.25) is 4.79 Å². The molecule has 7 nitrogen and oxygen atoms in total. The average molecular weight is 399 g/mol. The third-order valence-electron chi connectivity index (χ3n) is 4.18. The van der Waals surface area contributed by atoms with Crippen LogP contribution in [0.3, 0.4) is 0 Å². The van der Waals surface area contributed by atoms with E-state index in [1.807, 2.05) is 20.0 Å². The Bertz CT molecular complexity index is 764. The second-order valence-electron chi connectivity index (χ2n) is 6.04. The molecule has 0 amide bonds. The molecule has 9 heteroatoms. The molecule has 142 valence electrons. The molecule has 0 saturated carbocycles. The highest BCUT2D eigenvalue weighted by Gasteiger charge is 2.20. The van der Waals surface area contributed by atoms with Crippen LogP contribution in [0.5, 0.6) is 0 Å². The Morgan fingerprint density at radius 1 is 1.42 bits per heavy atom. The van der Waals surface area contributed by atoms with Crippen LogP contribution in [0.1, 0.15) is 19.8 Å². The van der Waals surface area contributed by atoms with Crippen molar-refractivity contribution >= 4 is 49.9 Å². The van der Waals surface area contributed by atoms with E-state index in [1.165, 1.54) is 0 Å². The molecule has 0 spiro atoms. The lowest BCUT2D eigenvalue weighted by atomic mass is 10.3. The Morgan fingerprint density at radius 3 is 2.92 bits per heavy atom. The van der Waals surface area contributed by atoms with Crippen molar-refractivity contribution in [2.75, 3.05) is 56.3 Å². The minimum atomic E-state index is -0.149.